The number of nitrogens with two attached hydrogens (primary N) is 1. The number of carbonyl (C=O) groups excluding carboxylic acids is 2. The lowest BCUT2D eigenvalue weighted by molar-refractivity contribution is -0.137. The van der Waals surface area contributed by atoms with Crippen molar-refractivity contribution in [3.05, 3.63) is 35.4 Å². The van der Waals surface area contributed by atoms with E-state index in [2.05, 4.69) is 0 Å². The van der Waals surface area contributed by atoms with Gasteiger partial charge in [-0.3, -0.25) is 9.59 Å². The van der Waals surface area contributed by atoms with Crippen LogP contribution in [0.1, 0.15) is 22.3 Å². The van der Waals surface area contributed by atoms with E-state index in [-0.39, 0.29) is 30.3 Å². The minimum atomic E-state index is -4.42. The highest BCUT2D eigenvalue weighted by molar-refractivity contribution is 5.94. The van der Waals surface area contributed by atoms with Crippen molar-refractivity contribution in [2.24, 2.45) is 5.73 Å². The van der Waals surface area contributed by atoms with Crippen LogP contribution in [0.15, 0.2) is 24.3 Å². The zero-order chi connectivity index (χ0) is 17.0. The highest BCUT2D eigenvalue weighted by Crippen LogP contribution is 2.29. The molecule has 2 N–H and O–H groups in total. The maximum absolute atomic E-state index is 12.5. The minimum absolute atomic E-state index is 0.0471. The van der Waals surface area contributed by atoms with Gasteiger partial charge in [-0.2, -0.15) is 13.2 Å². The zero-order valence-corrected chi connectivity index (χ0v) is 12.5. The summed E-state index contributed by atoms with van der Waals surface area (Å²) in [4.78, 5) is 27.2. The highest BCUT2D eigenvalue weighted by atomic mass is 19.4. The van der Waals surface area contributed by atoms with Crippen LogP contribution in [0.25, 0.3) is 0 Å². The molecule has 0 unspecified atom stereocenters. The van der Waals surface area contributed by atoms with Gasteiger partial charge < -0.3 is 15.5 Å². The predicted molar refractivity (Wildman–Crippen MR) is 77.6 cm³/mol. The molecule has 0 atom stereocenters. The van der Waals surface area contributed by atoms with Crippen molar-refractivity contribution in [1.29, 1.82) is 0 Å². The van der Waals surface area contributed by atoms with E-state index in [1.807, 2.05) is 0 Å². The van der Waals surface area contributed by atoms with Crippen LogP contribution in [0.4, 0.5) is 13.2 Å². The van der Waals surface area contributed by atoms with Gasteiger partial charge in [0.25, 0.3) is 5.91 Å². The number of nitrogens with zero attached hydrogens (tertiary/aromatic N) is 2. The van der Waals surface area contributed by atoms with E-state index < -0.39 is 11.7 Å². The van der Waals surface area contributed by atoms with Crippen molar-refractivity contribution in [3.63, 3.8) is 0 Å². The maximum Gasteiger partial charge on any atom is 0.416 e. The fourth-order valence-electron chi connectivity index (χ4n) is 2.42. The van der Waals surface area contributed by atoms with Crippen molar-refractivity contribution in [2.45, 2.75) is 12.6 Å². The molecule has 1 fully saturated rings. The average molecular weight is 329 g/mol. The Labute approximate surface area is 131 Å². The van der Waals surface area contributed by atoms with Crippen molar-refractivity contribution in [3.8, 4) is 0 Å². The first-order chi connectivity index (χ1) is 10.8. The number of hydrogen-bond acceptors (Lipinski definition) is 3. The van der Waals surface area contributed by atoms with E-state index in [0.717, 1.165) is 12.1 Å². The van der Waals surface area contributed by atoms with Gasteiger partial charge in [-0.15, -0.1) is 0 Å². The molecular weight excluding hydrogens is 311 g/mol. The first kappa shape index (κ1) is 17.3. The summed E-state index contributed by atoms with van der Waals surface area (Å²) in [6.07, 6.45) is -4.15. The minimum Gasteiger partial charge on any atom is -0.339 e. The van der Waals surface area contributed by atoms with Crippen LogP contribution in [0, 0.1) is 0 Å². The fraction of sp³-hybridized carbons (Fsp3) is 0.467. The Morgan fingerprint density at radius 3 is 2.00 bits per heavy atom. The summed E-state index contributed by atoms with van der Waals surface area (Å²) in [5, 5.41) is 0. The second-order valence-electron chi connectivity index (χ2n) is 5.29. The Morgan fingerprint density at radius 2 is 1.52 bits per heavy atom. The van der Waals surface area contributed by atoms with E-state index in [0.29, 0.717) is 26.2 Å². The molecule has 0 spiro atoms. The van der Waals surface area contributed by atoms with E-state index in [1.54, 1.807) is 4.90 Å². The first-order valence-electron chi connectivity index (χ1n) is 7.27. The average Bonchev–Trinajstić information content (AvgIpc) is 2.54. The Balaban J connectivity index is 1.96. The van der Waals surface area contributed by atoms with Gasteiger partial charge >= 0.3 is 6.18 Å². The summed E-state index contributed by atoms with van der Waals surface area (Å²) in [6.45, 7) is 1.81. The third-order valence-electron chi connectivity index (χ3n) is 3.74. The summed E-state index contributed by atoms with van der Waals surface area (Å²) in [6, 6.07) is 4.15. The SMILES string of the molecule is NCCC(=O)N1CCN(C(=O)c2ccc(C(F)(F)F)cc2)CC1. The van der Waals surface area contributed by atoms with Gasteiger partial charge in [0.2, 0.25) is 5.91 Å². The second-order valence-corrected chi connectivity index (χ2v) is 5.29. The van der Waals surface area contributed by atoms with E-state index >= 15 is 0 Å². The molecule has 1 aromatic carbocycles. The number of benzene rings is 1. The van der Waals surface area contributed by atoms with Crippen molar-refractivity contribution < 1.29 is 22.8 Å². The van der Waals surface area contributed by atoms with Crippen LogP contribution in [0.3, 0.4) is 0 Å². The topological polar surface area (TPSA) is 66.6 Å². The van der Waals surface area contributed by atoms with Gasteiger partial charge in [0.05, 0.1) is 5.56 Å². The van der Waals surface area contributed by atoms with Crippen molar-refractivity contribution in [2.75, 3.05) is 32.7 Å². The molecule has 126 valence electrons. The summed E-state index contributed by atoms with van der Waals surface area (Å²) < 4.78 is 37.5. The Kier molecular flexibility index (Phi) is 5.25. The largest absolute Gasteiger partial charge is 0.416 e. The van der Waals surface area contributed by atoms with Crippen LogP contribution in [-0.2, 0) is 11.0 Å². The molecule has 8 heteroatoms. The molecule has 1 aliphatic heterocycles. The lowest BCUT2D eigenvalue weighted by Gasteiger charge is -2.34. The molecule has 0 bridgehead atoms. The van der Waals surface area contributed by atoms with Crippen molar-refractivity contribution in [1.82, 2.24) is 9.80 Å². The molecule has 1 saturated heterocycles. The van der Waals surface area contributed by atoms with Crippen LogP contribution in [0.2, 0.25) is 0 Å². The Bertz CT molecular complexity index is 564. The number of piperazine rings is 1. The quantitative estimate of drug-likeness (QED) is 0.910. The first-order valence-corrected chi connectivity index (χ1v) is 7.27. The van der Waals surface area contributed by atoms with Gasteiger partial charge in [0.1, 0.15) is 0 Å². The molecule has 0 saturated carbocycles. The summed E-state index contributed by atoms with van der Waals surface area (Å²) in [7, 11) is 0. The third-order valence-corrected chi connectivity index (χ3v) is 3.74. The second kappa shape index (κ2) is 6.99. The van der Waals surface area contributed by atoms with Crippen molar-refractivity contribution >= 4 is 11.8 Å². The third kappa shape index (κ3) is 4.22. The molecule has 1 aliphatic rings. The lowest BCUT2D eigenvalue weighted by Crippen LogP contribution is -2.50. The normalized spacial score (nSPS) is 15.7. The number of rotatable bonds is 3. The van der Waals surface area contributed by atoms with Gasteiger partial charge in [0.15, 0.2) is 0 Å². The fourth-order valence-corrected chi connectivity index (χ4v) is 2.42. The van der Waals surface area contributed by atoms with E-state index in [1.165, 1.54) is 17.0 Å². The number of hydrogen-bond donors (Lipinski definition) is 1. The van der Waals surface area contributed by atoms with Gasteiger partial charge in [-0.25, -0.2) is 0 Å². The smallest absolute Gasteiger partial charge is 0.339 e. The summed E-state index contributed by atoms with van der Waals surface area (Å²) >= 11 is 0. The number of carbonyl (C=O) groups is 2. The molecule has 1 heterocycles. The number of alkyl halides is 3. The molecule has 0 aromatic heterocycles. The summed E-state index contributed by atoms with van der Waals surface area (Å²) in [5.41, 5.74) is 4.76. The molecule has 0 radical (unpaired) electrons. The van der Waals surface area contributed by atoms with Gasteiger partial charge in [0, 0.05) is 44.7 Å². The molecule has 5 nitrogen and oxygen atoms in total. The highest BCUT2D eigenvalue weighted by Gasteiger charge is 2.31. The Morgan fingerprint density at radius 1 is 1.00 bits per heavy atom. The molecule has 0 aliphatic carbocycles. The molecule has 2 rings (SSSR count). The maximum atomic E-state index is 12.5. The van der Waals surface area contributed by atoms with E-state index in [9.17, 15) is 22.8 Å². The summed E-state index contributed by atoms with van der Waals surface area (Å²) in [5.74, 6) is -0.376. The Hall–Kier alpha value is -2.09. The predicted octanol–water partition coefficient (Wildman–Crippen LogP) is 1.34. The van der Waals surface area contributed by atoms with Crippen LogP contribution < -0.4 is 5.73 Å². The lowest BCUT2D eigenvalue weighted by atomic mass is 10.1. The van der Waals surface area contributed by atoms with Crippen LogP contribution in [-0.4, -0.2) is 54.3 Å². The molecular formula is C15H18F3N3O2. The van der Waals surface area contributed by atoms with Crippen LogP contribution in [0.5, 0.6) is 0 Å². The van der Waals surface area contributed by atoms with E-state index in [4.69, 9.17) is 5.73 Å². The molecule has 23 heavy (non-hydrogen) atoms. The van der Waals surface area contributed by atoms with Gasteiger partial charge in [-0.05, 0) is 24.3 Å². The monoisotopic (exact) mass is 329 g/mol. The van der Waals surface area contributed by atoms with Crippen LogP contribution >= 0.6 is 0 Å². The molecule has 1 aromatic rings. The molecule has 2 amide bonds. The number of amides is 2. The standard InChI is InChI=1S/C15H18F3N3O2/c16-15(17,18)12-3-1-11(2-4-12)14(23)21-9-7-20(8-10-21)13(22)5-6-19/h1-4H,5-10,19H2. The zero-order valence-electron chi connectivity index (χ0n) is 12.5. The van der Waals surface area contributed by atoms with Gasteiger partial charge in [-0.1, -0.05) is 0 Å². The number of halogens is 3.